The molecule has 2 aromatic rings. The number of piperidine rings is 1. The number of nitrogens with one attached hydrogen (secondary N) is 1. The number of hydrogen-bond donors (Lipinski definition) is 2. The molecular weight excluding hydrogens is 369 g/mol. The molecule has 1 amide bonds. The Morgan fingerprint density at radius 2 is 2.00 bits per heavy atom. The number of amides is 1. The minimum Gasteiger partial charge on any atom is -0.397 e. The molecule has 2 aromatic carbocycles. The SMILES string of the molecule is Cc1cc(N)c(NC(=O)c2ccc(Cl)c(Cl)c2)cc1N1CCC[C@@H](C)C1. The molecule has 6 heteroatoms. The van der Waals surface area contributed by atoms with Crippen LogP contribution >= 0.6 is 23.2 Å². The van der Waals surface area contributed by atoms with Crippen molar-refractivity contribution in [2.24, 2.45) is 5.92 Å². The van der Waals surface area contributed by atoms with E-state index in [2.05, 4.69) is 24.1 Å². The number of carbonyl (C=O) groups is 1. The van der Waals surface area contributed by atoms with Gasteiger partial charge in [0.15, 0.2) is 0 Å². The molecule has 0 bridgehead atoms. The van der Waals surface area contributed by atoms with Gasteiger partial charge in [0.25, 0.3) is 5.91 Å². The normalized spacial score (nSPS) is 17.2. The van der Waals surface area contributed by atoms with Crippen molar-refractivity contribution in [1.29, 1.82) is 0 Å². The highest BCUT2D eigenvalue weighted by molar-refractivity contribution is 6.42. The molecule has 0 saturated carbocycles. The lowest BCUT2D eigenvalue weighted by Crippen LogP contribution is -2.34. The number of nitrogen functional groups attached to an aromatic ring is 1. The maximum absolute atomic E-state index is 12.6. The maximum atomic E-state index is 12.6. The standard InChI is InChI=1S/C20H23Cl2N3O/c1-12-4-3-7-25(11-12)19-10-18(17(23)8-13(19)2)24-20(26)14-5-6-15(21)16(22)9-14/h5-6,8-10,12H,3-4,7,11,23H2,1-2H3,(H,24,26)/t12-/m1/s1. The average molecular weight is 392 g/mol. The first-order valence-corrected chi connectivity index (χ1v) is 9.52. The second-order valence-corrected chi connectivity index (χ2v) is 7.82. The first-order valence-electron chi connectivity index (χ1n) is 8.76. The first kappa shape index (κ1) is 18.9. The van der Waals surface area contributed by atoms with E-state index in [0.29, 0.717) is 32.9 Å². The molecule has 1 saturated heterocycles. The van der Waals surface area contributed by atoms with Gasteiger partial charge in [0.05, 0.1) is 21.4 Å². The van der Waals surface area contributed by atoms with E-state index in [9.17, 15) is 4.79 Å². The van der Waals surface area contributed by atoms with Crippen LogP contribution in [0.5, 0.6) is 0 Å². The number of nitrogens with two attached hydrogens (primary N) is 1. The summed E-state index contributed by atoms with van der Waals surface area (Å²) in [5, 5.41) is 3.66. The van der Waals surface area contributed by atoms with Crippen LogP contribution in [0.2, 0.25) is 10.0 Å². The third-order valence-electron chi connectivity index (χ3n) is 4.80. The molecule has 1 heterocycles. The zero-order valence-corrected chi connectivity index (χ0v) is 16.5. The topological polar surface area (TPSA) is 58.4 Å². The second-order valence-electron chi connectivity index (χ2n) is 7.00. The summed E-state index contributed by atoms with van der Waals surface area (Å²) in [6.07, 6.45) is 2.43. The van der Waals surface area contributed by atoms with E-state index in [1.54, 1.807) is 18.2 Å². The van der Waals surface area contributed by atoms with Crippen LogP contribution in [-0.2, 0) is 0 Å². The van der Waals surface area contributed by atoms with E-state index in [1.165, 1.54) is 12.8 Å². The first-order chi connectivity index (χ1) is 12.3. The summed E-state index contributed by atoms with van der Waals surface area (Å²) in [4.78, 5) is 14.9. The maximum Gasteiger partial charge on any atom is 0.255 e. The predicted octanol–water partition coefficient (Wildman–Crippen LogP) is 5.37. The molecule has 0 unspecified atom stereocenters. The van der Waals surface area contributed by atoms with Gasteiger partial charge in [0.1, 0.15) is 0 Å². The highest BCUT2D eigenvalue weighted by Gasteiger charge is 2.20. The van der Waals surface area contributed by atoms with Crippen LogP contribution in [0.15, 0.2) is 30.3 Å². The van der Waals surface area contributed by atoms with Crippen LogP contribution in [0.25, 0.3) is 0 Å². The molecule has 26 heavy (non-hydrogen) atoms. The van der Waals surface area contributed by atoms with Crippen LogP contribution in [0.3, 0.4) is 0 Å². The number of nitrogens with zero attached hydrogens (tertiary/aromatic N) is 1. The molecule has 0 radical (unpaired) electrons. The monoisotopic (exact) mass is 391 g/mol. The Labute approximate surface area is 164 Å². The average Bonchev–Trinajstić information content (AvgIpc) is 2.59. The Kier molecular flexibility index (Phi) is 5.64. The molecule has 0 spiro atoms. The zero-order chi connectivity index (χ0) is 18.8. The summed E-state index contributed by atoms with van der Waals surface area (Å²) >= 11 is 11.9. The van der Waals surface area contributed by atoms with Crippen LogP contribution in [-0.4, -0.2) is 19.0 Å². The predicted molar refractivity (Wildman–Crippen MR) is 111 cm³/mol. The number of aryl methyl sites for hydroxylation is 1. The highest BCUT2D eigenvalue weighted by Crippen LogP contribution is 2.33. The number of halogens is 2. The summed E-state index contributed by atoms with van der Waals surface area (Å²) in [7, 11) is 0. The minimum absolute atomic E-state index is 0.267. The van der Waals surface area contributed by atoms with Gasteiger partial charge in [-0.2, -0.15) is 0 Å². The molecule has 4 nitrogen and oxygen atoms in total. The van der Waals surface area contributed by atoms with Gasteiger partial charge in [-0.3, -0.25) is 4.79 Å². The van der Waals surface area contributed by atoms with E-state index in [0.717, 1.165) is 24.3 Å². The third kappa shape index (κ3) is 4.08. The van der Waals surface area contributed by atoms with E-state index >= 15 is 0 Å². The number of carbonyl (C=O) groups excluding carboxylic acids is 1. The third-order valence-corrected chi connectivity index (χ3v) is 5.53. The number of hydrogen-bond acceptors (Lipinski definition) is 3. The van der Waals surface area contributed by atoms with E-state index in [-0.39, 0.29) is 5.91 Å². The van der Waals surface area contributed by atoms with Gasteiger partial charge in [0.2, 0.25) is 0 Å². The fraction of sp³-hybridized carbons (Fsp3) is 0.350. The van der Waals surface area contributed by atoms with Crippen molar-refractivity contribution in [2.75, 3.05) is 29.0 Å². The van der Waals surface area contributed by atoms with Crippen molar-refractivity contribution in [3.05, 3.63) is 51.5 Å². The van der Waals surface area contributed by atoms with Gasteiger partial charge in [-0.15, -0.1) is 0 Å². The lowest BCUT2D eigenvalue weighted by atomic mass is 9.98. The van der Waals surface area contributed by atoms with Gasteiger partial charge in [-0.25, -0.2) is 0 Å². The van der Waals surface area contributed by atoms with Gasteiger partial charge in [-0.05, 0) is 61.6 Å². The summed E-state index contributed by atoms with van der Waals surface area (Å²) in [5.74, 6) is 0.395. The lowest BCUT2D eigenvalue weighted by molar-refractivity contribution is 0.102. The molecule has 3 rings (SSSR count). The van der Waals surface area contributed by atoms with Crippen LogP contribution in [0.4, 0.5) is 17.1 Å². The molecule has 1 aliphatic rings. The van der Waals surface area contributed by atoms with Crippen LogP contribution in [0, 0.1) is 12.8 Å². The van der Waals surface area contributed by atoms with Gasteiger partial charge >= 0.3 is 0 Å². The molecule has 3 N–H and O–H groups in total. The van der Waals surface area contributed by atoms with Crippen molar-refractivity contribution >= 4 is 46.2 Å². The summed E-state index contributed by atoms with van der Waals surface area (Å²) in [6, 6.07) is 8.69. The molecule has 1 aliphatic heterocycles. The van der Waals surface area contributed by atoms with E-state index < -0.39 is 0 Å². The zero-order valence-electron chi connectivity index (χ0n) is 15.0. The fourth-order valence-electron chi connectivity index (χ4n) is 3.41. The summed E-state index contributed by atoms with van der Waals surface area (Å²) in [5.41, 5.74) is 9.98. The smallest absolute Gasteiger partial charge is 0.255 e. The number of benzene rings is 2. The number of rotatable bonds is 3. The van der Waals surface area contributed by atoms with Crippen molar-refractivity contribution in [3.63, 3.8) is 0 Å². The Balaban J connectivity index is 1.86. The fourth-order valence-corrected chi connectivity index (χ4v) is 3.71. The van der Waals surface area contributed by atoms with Gasteiger partial charge in [0, 0.05) is 24.3 Å². The summed E-state index contributed by atoms with van der Waals surface area (Å²) in [6.45, 7) is 6.36. The quantitative estimate of drug-likeness (QED) is 0.691. The van der Waals surface area contributed by atoms with E-state index in [1.807, 2.05) is 12.1 Å². The second kappa shape index (κ2) is 7.77. The van der Waals surface area contributed by atoms with Crippen molar-refractivity contribution < 1.29 is 4.79 Å². The number of anilines is 3. The highest BCUT2D eigenvalue weighted by atomic mass is 35.5. The summed E-state index contributed by atoms with van der Waals surface area (Å²) < 4.78 is 0. The van der Waals surface area contributed by atoms with Crippen LogP contribution < -0.4 is 16.0 Å². The lowest BCUT2D eigenvalue weighted by Gasteiger charge is -2.34. The molecule has 0 aliphatic carbocycles. The van der Waals surface area contributed by atoms with Crippen molar-refractivity contribution in [2.45, 2.75) is 26.7 Å². The molecule has 1 fully saturated rings. The largest absolute Gasteiger partial charge is 0.397 e. The van der Waals surface area contributed by atoms with E-state index in [4.69, 9.17) is 28.9 Å². The molecule has 0 aromatic heterocycles. The van der Waals surface area contributed by atoms with Gasteiger partial charge in [-0.1, -0.05) is 30.1 Å². The Bertz CT molecular complexity index is 838. The minimum atomic E-state index is -0.267. The van der Waals surface area contributed by atoms with Crippen molar-refractivity contribution in [3.8, 4) is 0 Å². The molecule has 138 valence electrons. The Morgan fingerprint density at radius 3 is 2.69 bits per heavy atom. The Hall–Kier alpha value is -1.91. The van der Waals surface area contributed by atoms with Gasteiger partial charge < -0.3 is 16.0 Å². The van der Waals surface area contributed by atoms with Crippen LogP contribution in [0.1, 0.15) is 35.7 Å². The van der Waals surface area contributed by atoms with Crippen molar-refractivity contribution in [1.82, 2.24) is 0 Å². The molecule has 1 atom stereocenters. The molecular formula is C20H23Cl2N3O. The Morgan fingerprint density at radius 1 is 1.23 bits per heavy atom.